The van der Waals surface area contributed by atoms with Gasteiger partial charge in [0.15, 0.2) is 5.78 Å². The topological polar surface area (TPSA) is 61.3 Å². The van der Waals surface area contributed by atoms with Gasteiger partial charge in [0, 0.05) is 35.2 Å². The fourth-order valence-electron chi connectivity index (χ4n) is 5.61. The van der Waals surface area contributed by atoms with Crippen LogP contribution in [0.2, 0.25) is 0 Å². The van der Waals surface area contributed by atoms with Crippen molar-refractivity contribution in [2.45, 2.75) is 97.8 Å². The van der Waals surface area contributed by atoms with Crippen molar-refractivity contribution in [3.05, 3.63) is 72.1 Å². The minimum Gasteiger partial charge on any atom is -0.614 e. The molecule has 2 aromatic heterocycles. The molecule has 1 radical (unpaired) electrons. The molecule has 0 saturated carbocycles. The van der Waals surface area contributed by atoms with Gasteiger partial charge in [-0.2, -0.15) is 0 Å². The van der Waals surface area contributed by atoms with Crippen LogP contribution in [0.25, 0.3) is 21.8 Å². The predicted octanol–water partition coefficient (Wildman–Crippen LogP) is 9.64. The zero-order chi connectivity index (χ0) is 29.0. The van der Waals surface area contributed by atoms with Crippen LogP contribution < -0.4 is 7.58 Å². The summed E-state index contributed by atoms with van der Waals surface area (Å²) >= 11 is -0.873. The summed E-state index contributed by atoms with van der Waals surface area (Å²) in [7, 11) is 0. The van der Waals surface area contributed by atoms with Crippen LogP contribution in [0.5, 0.6) is 11.5 Å². The first-order valence-corrected chi connectivity index (χ1v) is 16.4. The number of carbonyl (C=O) groups is 1. The summed E-state index contributed by atoms with van der Waals surface area (Å²) in [6.07, 6.45) is 14.6. The Balaban J connectivity index is 1.52. The van der Waals surface area contributed by atoms with Crippen molar-refractivity contribution in [2.24, 2.45) is 5.92 Å². The molecule has 4 rings (SSSR count). The number of pyridine rings is 2. The molecule has 0 amide bonds. The molecular formula is C35H44AlN2O3. The van der Waals surface area contributed by atoms with Gasteiger partial charge in [0.1, 0.15) is 22.5 Å². The number of aromatic nitrogens is 2. The first kappa shape index (κ1) is 31.0. The second-order valence-electron chi connectivity index (χ2n) is 11.2. The Kier molecular flexibility index (Phi) is 12.0. The highest BCUT2D eigenvalue weighted by Crippen LogP contribution is 2.37. The van der Waals surface area contributed by atoms with Crippen LogP contribution in [0.4, 0.5) is 0 Å². The summed E-state index contributed by atoms with van der Waals surface area (Å²) < 4.78 is 12.7. The van der Waals surface area contributed by atoms with Crippen LogP contribution in [-0.4, -0.2) is 31.6 Å². The zero-order valence-corrected chi connectivity index (χ0v) is 26.4. The molecule has 0 aliphatic carbocycles. The first-order chi connectivity index (χ1) is 20.1. The average Bonchev–Trinajstić information content (AvgIpc) is 3.01. The highest BCUT2D eigenvalue weighted by atomic mass is 27.2. The number of benzene rings is 2. The van der Waals surface area contributed by atoms with E-state index in [1.165, 1.54) is 37.7 Å². The van der Waals surface area contributed by atoms with E-state index >= 15 is 0 Å². The summed E-state index contributed by atoms with van der Waals surface area (Å²) in [5.74, 6) is 2.76. The SMILES string of the molecule is CCCCCC(=O)c1ccnc2c([O][Al][O]c3c(C(C)CCC(CC)CCCC)ccc4cccnc34)cccc12. The number of hydrogen-bond donors (Lipinski definition) is 0. The van der Waals surface area contributed by atoms with Crippen LogP contribution in [0.1, 0.15) is 114 Å². The van der Waals surface area contributed by atoms with Gasteiger partial charge in [-0.3, -0.25) is 14.8 Å². The van der Waals surface area contributed by atoms with Crippen LogP contribution in [0, 0.1) is 5.92 Å². The fraction of sp³-hybridized carbons (Fsp3) is 0.457. The molecule has 0 aliphatic heterocycles. The lowest BCUT2D eigenvalue weighted by Gasteiger charge is -2.22. The lowest BCUT2D eigenvalue weighted by Crippen LogP contribution is -2.14. The Bertz CT molecular complexity index is 1420. The number of Topliss-reactive ketones (excluding diaryl/α,β-unsaturated/α-hetero) is 1. The molecular weight excluding hydrogens is 523 g/mol. The third-order valence-electron chi connectivity index (χ3n) is 8.22. The lowest BCUT2D eigenvalue weighted by molar-refractivity contribution is 0.0981. The smallest absolute Gasteiger partial charge is 0.614 e. The number of unbranched alkanes of at least 4 members (excludes halogenated alkanes) is 3. The first-order valence-electron chi connectivity index (χ1n) is 15.5. The monoisotopic (exact) mass is 567 g/mol. The molecule has 0 fully saturated rings. The van der Waals surface area contributed by atoms with Gasteiger partial charge < -0.3 is 7.58 Å². The minimum atomic E-state index is -0.873. The van der Waals surface area contributed by atoms with Crippen molar-refractivity contribution < 1.29 is 12.4 Å². The van der Waals surface area contributed by atoms with E-state index in [1.807, 2.05) is 36.5 Å². The van der Waals surface area contributed by atoms with Gasteiger partial charge in [-0.1, -0.05) is 96.6 Å². The molecule has 2 heterocycles. The third kappa shape index (κ3) is 8.09. The number of hydrogen-bond acceptors (Lipinski definition) is 5. The Labute approximate surface area is 252 Å². The normalized spacial score (nSPS) is 12.8. The molecule has 0 bridgehead atoms. The molecule has 6 heteroatoms. The van der Waals surface area contributed by atoms with Gasteiger partial charge in [0.25, 0.3) is 0 Å². The standard InChI is InChI=1S/C20H29NO.C15H17NO2.Al/c1-4-6-8-16(5-2)11-10-15(3)18-13-12-17-9-7-14-21-19(17)20(18)22;1-2-3-4-7-13(17)11-9-10-16-15-12(11)6-5-8-14(15)18;/h7,9,12-16,22H,4-6,8,10-11H2,1-3H3;5-6,8-10,18H,2-4,7H2,1H3;/q;;+2/p-2. The Morgan fingerprint density at radius 3 is 2.46 bits per heavy atom. The van der Waals surface area contributed by atoms with Gasteiger partial charge in [-0.25, -0.2) is 0 Å². The van der Waals surface area contributed by atoms with Crippen LogP contribution in [0.15, 0.2) is 60.9 Å². The maximum Gasteiger partial charge on any atom is 0.882 e. The summed E-state index contributed by atoms with van der Waals surface area (Å²) in [4.78, 5) is 22.2. The number of rotatable bonds is 17. The second kappa shape index (κ2) is 15.9. The van der Waals surface area contributed by atoms with Crippen molar-refractivity contribution in [1.82, 2.24) is 9.97 Å². The van der Waals surface area contributed by atoms with E-state index in [1.54, 1.807) is 6.20 Å². The van der Waals surface area contributed by atoms with Crippen molar-refractivity contribution in [3.63, 3.8) is 0 Å². The van der Waals surface area contributed by atoms with E-state index in [4.69, 9.17) is 12.6 Å². The molecule has 4 aromatic rings. The quantitative estimate of drug-likeness (QED) is 0.0722. The lowest BCUT2D eigenvalue weighted by atomic mass is 9.87. The molecule has 0 saturated heterocycles. The van der Waals surface area contributed by atoms with E-state index in [9.17, 15) is 4.79 Å². The van der Waals surface area contributed by atoms with E-state index in [-0.39, 0.29) is 5.78 Å². The molecule has 2 unspecified atom stereocenters. The van der Waals surface area contributed by atoms with Gasteiger partial charge in [-0.15, -0.1) is 0 Å². The van der Waals surface area contributed by atoms with E-state index < -0.39 is 15.9 Å². The van der Waals surface area contributed by atoms with Gasteiger partial charge in [0.2, 0.25) is 0 Å². The molecule has 215 valence electrons. The molecule has 0 spiro atoms. The molecule has 41 heavy (non-hydrogen) atoms. The second-order valence-corrected chi connectivity index (χ2v) is 11.8. The van der Waals surface area contributed by atoms with Crippen molar-refractivity contribution in [1.29, 1.82) is 0 Å². The van der Waals surface area contributed by atoms with Crippen LogP contribution in [0.3, 0.4) is 0 Å². The highest BCUT2D eigenvalue weighted by Gasteiger charge is 2.20. The number of ketones is 1. The zero-order valence-electron chi connectivity index (χ0n) is 25.2. The molecule has 2 aromatic carbocycles. The summed E-state index contributed by atoms with van der Waals surface area (Å²) in [6, 6.07) is 16.0. The number of carbonyl (C=O) groups excluding carboxylic acids is 1. The van der Waals surface area contributed by atoms with E-state index in [2.05, 4.69) is 50.9 Å². The summed E-state index contributed by atoms with van der Waals surface area (Å²) in [6.45, 7) is 9.03. The molecule has 0 aliphatic rings. The van der Waals surface area contributed by atoms with Crippen molar-refractivity contribution in [2.75, 3.05) is 0 Å². The predicted molar refractivity (Wildman–Crippen MR) is 170 cm³/mol. The van der Waals surface area contributed by atoms with Gasteiger partial charge >= 0.3 is 15.9 Å². The molecule has 5 nitrogen and oxygen atoms in total. The Morgan fingerprint density at radius 2 is 1.66 bits per heavy atom. The molecule has 0 N–H and O–H groups in total. The minimum absolute atomic E-state index is 0.159. The number of para-hydroxylation sites is 1. The van der Waals surface area contributed by atoms with Crippen molar-refractivity contribution in [3.8, 4) is 11.5 Å². The van der Waals surface area contributed by atoms with Crippen molar-refractivity contribution >= 4 is 43.5 Å². The third-order valence-corrected chi connectivity index (χ3v) is 8.91. The summed E-state index contributed by atoms with van der Waals surface area (Å²) in [5, 5.41) is 1.89. The van der Waals surface area contributed by atoms with Crippen LogP contribution in [-0.2, 0) is 0 Å². The Hall–Kier alpha value is -2.94. The van der Waals surface area contributed by atoms with E-state index in [0.717, 1.165) is 53.6 Å². The van der Waals surface area contributed by atoms with Crippen LogP contribution >= 0.6 is 0 Å². The largest absolute Gasteiger partial charge is 0.882 e. The highest BCUT2D eigenvalue weighted by molar-refractivity contribution is 6.22. The van der Waals surface area contributed by atoms with Gasteiger partial charge in [0.05, 0.1) is 0 Å². The average molecular weight is 568 g/mol. The maximum atomic E-state index is 12.9. The summed E-state index contributed by atoms with van der Waals surface area (Å²) in [5.41, 5.74) is 3.48. The number of nitrogens with zero attached hydrogens (tertiary/aromatic N) is 2. The molecule has 2 atom stereocenters. The fourth-order valence-corrected chi connectivity index (χ4v) is 6.30. The maximum absolute atomic E-state index is 12.9. The number of fused-ring (bicyclic) bond motifs is 2. The Morgan fingerprint density at radius 1 is 0.829 bits per heavy atom. The van der Waals surface area contributed by atoms with Gasteiger partial charge in [-0.05, 0) is 54.9 Å². The van der Waals surface area contributed by atoms with E-state index in [0.29, 0.717) is 29.2 Å².